The Hall–Kier alpha value is -0.470. The molecule has 0 aromatic heterocycles. The smallest absolute Gasteiger partial charge is 0.0738 e. The molecule has 2 N–H and O–H groups in total. The predicted molar refractivity (Wildman–Crippen MR) is 43.0 cm³/mol. The molecular weight excluding hydrogens is 130 g/mol. The summed E-state index contributed by atoms with van der Waals surface area (Å²) in [5.41, 5.74) is 5.60. The molecule has 0 amide bonds. The van der Waals surface area contributed by atoms with Crippen LogP contribution in [0.25, 0.3) is 0 Å². The van der Waals surface area contributed by atoms with Crippen molar-refractivity contribution in [2.75, 3.05) is 0 Å². The maximum absolute atomic E-state index is 5.60. The van der Waals surface area contributed by atoms with Gasteiger partial charge in [0.05, 0.1) is 5.37 Å². The summed E-state index contributed by atoms with van der Waals surface area (Å²) in [6.45, 7) is 0. The van der Waals surface area contributed by atoms with Crippen molar-refractivity contribution in [3.05, 3.63) is 35.8 Å². The van der Waals surface area contributed by atoms with Crippen LogP contribution in [0.4, 0.5) is 0 Å². The SMILES string of the molecule is NC1\C=C/C=C\C=C/S1. The Balaban J connectivity index is 2.59. The van der Waals surface area contributed by atoms with E-state index in [0.717, 1.165) is 0 Å². The zero-order valence-electron chi connectivity index (χ0n) is 5.03. The van der Waals surface area contributed by atoms with Gasteiger partial charge in [-0.1, -0.05) is 30.4 Å². The van der Waals surface area contributed by atoms with E-state index < -0.39 is 0 Å². The van der Waals surface area contributed by atoms with E-state index in [9.17, 15) is 0 Å². The van der Waals surface area contributed by atoms with Crippen molar-refractivity contribution in [1.82, 2.24) is 0 Å². The minimum Gasteiger partial charge on any atom is -0.316 e. The topological polar surface area (TPSA) is 26.0 Å². The predicted octanol–water partition coefficient (Wildman–Crippen LogP) is 1.64. The highest BCUT2D eigenvalue weighted by Crippen LogP contribution is 2.09. The van der Waals surface area contributed by atoms with Crippen molar-refractivity contribution in [2.24, 2.45) is 5.73 Å². The third-order valence-corrected chi connectivity index (χ3v) is 1.73. The lowest BCUT2D eigenvalue weighted by atomic mass is 10.4. The first-order chi connectivity index (χ1) is 4.39. The van der Waals surface area contributed by atoms with Crippen molar-refractivity contribution in [3.8, 4) is 0 Å². The van der Waals surface area contributed by atoms with Crippen LogP contribution >= 0.6 is 11.8 Å². The summed E-state index contributed by atoms with van der Waals surface area (Å²) in [7, 11) is 0. The van der Waals surface area contributed by atoms with Gasteiger partial charge in [-0.2, -0.15) is 0 Å². The summed E-state index contributed by atoms with van der Waals surface area (Å²) in [4.78, 5) is 0. The van der Waals surface area contributed by atoms with Crippen LogP contribution in [0.15, 0.2) is 35.8 Å². The Morgan fingerprint density at radius 3 is 2.78 bits per heavy atom. The molecule has 1 unspecified atom stereocenters. The minimum atomic E-state index is 0.117. The summed E-state index contributed by atoms with van der Waals surface area (Å²) < 4.78 is 0. The molecular formula is C7H9NS. The van der Waals surface area contributed by atoms with E-state index >= 15 is 0 Å². The zero-order valence-corrected chi connectivity index (χ0v) is 5.84. The van der Waals surface area contributed by atoms with Crippen molar-refractivity contribution < 1.29 is 0 Å². The fraction of sp³-hybridized carbons (Fsp3) is 0.143. The van der Waals surface area contributed by atoms with Crippen LogP contribution in [0.2, 0.25) is 0 Å². The van der Waals surface area contributed by atoms with Crippen molar-refractivity contribution >= 4 is 11.8 Å². The highest BCUT2D eigenvalue weighted by atomic mass is 32.2. The molecule has 0 bridgehead atoms. The van der Waals surface area contributed by atoms with E-state index in [1.165, 1.54) is 0 Å². The van der Waals surface area contributed by atoms with Crippen LogP contribution in [0, 0.1) is 0 Å². The molecule has 1 aliphatic heterocycles. The molecule has 1 nitrogen and oxygen atoms in total. The largest absolute Gasteiger partial charge is 0.316 e. The molecule has 9 heavy (non-hydrogen) atoms. The first-order valence-corrected chi connectivity index (χ1v) is 3.75. The summed E-state index contributed by atoms with van der Waals surface area (Å²) in [6.07, 6.45) is 9.85. The highest BCUT2D eigenvalue weighted by molar-refractivity contribution is 8.02. The van der Waals surface area contributed by atoms with Gasteiger partial charge in [0.25, 0.3) is 0 Å². The maximum atomic E-state index is 5.60. The van der Waals surface area contributed by atoms with Gasteiger partial charge in [-0.25, -0.2) is 0 Å². The first-order valence-electron chi connectivity index (χ1n) is 2.80. The monoisotopic (exact) mass is 139 g/mol. The molecule has 0 aromatic carbocycles. The first kappa shape index (κ1) is 6.65. The number of nitrogens with two attached hydrogens (primary N) is 1. The lowest BCUT2D eigenvalue weighted by molar-refractivity contribution is 1.17. The highest BCUT2D eigenvalue weighted by Gasteiger charge is 1.91. The van der Waals surface area contributed by atoms with Gasteiger partial charge in [0, 0.05) is 0 Å². The molecule has 0 spiro atoms. The normalized spacial score (nSPS) is 36.3. The van der Waals surface area contributed by atoms with E-state index in [2.05, 4.69) is 0 Å². The Kier molecular flexibility index (Phi) is 2.61. The van der Waals surface area contributed by atoms with E-state index in [0.29, 0.717) is 0 Å². The second-order valence-corrected chi connectivity index (χ2v) is 2.79. The number of allylic oxidation sites excluding steroid dienone is 4. The average Bonchev–Trinajstić information content (AvgIpc) is 1.79. The number of hydrogen-bond acceptors (Lipinski definition) is 2. The van der Waals surface area contributed by atoms with Gasteiger partial charge in [-0.05, 0) is 5.41 Å². The van der Waals surface area contributed by atoms with Crippen molar-refractivity contribution in [2.45, 2.75) is 5.37 Å². The molecule has 48 valence electrons. The molecule has 0 saturated carbocycles. The lowest BCUT2D eigenvalue weighted by Crippen LogP contribution is -2.10. The summed E-state index contributed by atoms with van der Waals surface area (Å²) in [6, 6.07) is 0. The van der Waals surface area contributed by atoms with Crippen LogP contribution in [-0.4, -0.2) is 5.37 Å². The Bertz CT molecular complexity index is 158. The van der Waals surface area contributed by atoms with Gasteiger partial charge in [0.1, 0.15) is 0 Å². The van der Waals surface area contributed by atoms with E-state index in [-0.39, 0.29) is 5.37 Å². The molecule has 0 aliphatic carbocycles. The van der Waals surface area contributed by atoms with Crippen molar-refractivity contribution in [3.63, 3.8) is 0 Å². The van der Waals surface area contributed by atoms with Gasteiger partial charge >= 0.3 is 0 Å². The van der Waals surface area contributed by atoms with Crippen LogP contribution in [0.3, 0.4) is 0 Å². The Morgan fingerprint density at radius 2 is 1.89 bits per heavy atom. The van der Waals surface area contributed by atoms with Gasteiger partial charge in [-0.15, -0.1) is 11.8 Å². The standard InChI is InChI=1S/C7H9NS/c8-7-5-3-1-2-4-6-9-7/h1-7H,8H2/b2-1-,5-3-,6-4-. The van der Waals surface area contributed by atoms with E-state index in [4.69, 9.17) is 5.73 Å². The molecule has 0 radical (unpaired) electrons. The van der Waals surface area contributed by atoms with Gasteiger partial charge < -0.3 is 5.73 Å². The van der Waals surface area contributed by atoms with Crippen LogP contribution in [-0.2, 0) is 0 Å². The third kappa shape index (κ3) is 2.54. The Labute approximate surface area is 59.3 Å². The second kappa shape index (κ2) is 3.54. The molecule has 2 heteroatoms. The van der Waals surface area contributed by atoms with E-state index in [1.807, 2.05) is 35.8 Å². The van der Waals surface area contributed by atoms with Gasteiger partial charge in [-0.3, -0.25) is 0 Å². The number of thioether (sulfide) groups is 1. The molecule has 1 heterocycles. The number of hydrogen-bond donors (Lipinski definition) is 1. The molecule has 1 atom stereocenters. The average molecular weight is 139 g/mol. The summed E-state index contributed by atoms with van der Waals surface area (Å²) in [5, 5.41) is 2.11. The van der Waals surface area contributed by atoms with Crippen molar-refractivity contribution in [1.29, 1.82) is 0 Å². The molecule has 0 saturated heterocycles. The maximum Gasteiger partial charge on any atom is 0.0738 e. The third-order valence-electron chi connectivity index (χ3n) is 0.948. The molecule has 0 aromatic rings. The fourth-order valence-corrected chi connectivity index (χ4v) is 1.07. The second-order valence-electron chi connectivity index (χ2n) is 1.70. The number of rotatable bonds is 0. The zero-order chi connectivity index (χ0) is 6.53. The van der Waals surface area contributed by atoms with E-state index in [1.54, 1.807) is 11.8 Å². The fourth-order valence-electron chi connectivity index (χ4n) is 0.529. The van der Waals surface area contributed by atoms with Crippen LogP contribution in [0.1, 0.15) is 0 Å². The van der Waals surface area contributed by atoms with Crippen LogP contribution < -0.4 is 5.73 Å². The minimum absolute atomic E-state index is 0.117. The lowest BCUT2D eigenvalue weighted by Gasteiger charge is -2.00. The summed E-state index contributed by atoms with van der Waals surface area (Å²) in [5.74, 6) is 0. The molecule has 1 aliphatic rings. The molecule has 1 rings (SSSR count). The Morgan fingerprint density at radius 1 is 1.11 bits per heavy atom. The molecule has 0 fully saturated rings. The quantitative estimate of drug-likeness (QED) is 0.552. The summed E-state index contributed by atoms with van der Waals surface area (Å²) >= 11 is 1.61. The van der Waals surface area contributed by atoms with Gasteiger partial charge in [0.2, 0.25) is 0 Å². The van der Waals surface area contributed by atoms with Gasteiger partial charge in [0.15, 0.2) is 0 Å². The van der Waals surface area contributed by atoms with Crippen LogP contribution in [0.5, 0.6) is 0 Å².